The summed E-state index contributed by atoms with van der Waals surface area (Å²) in [4.78, 5) is 1.83. The summed E-state index contributed by atoms with van der Waals surface area (Å²) in [5.41, 5.74) is 0. The van der Waals surface area contributed by atoms with Crippen LogP contribution < -0.4 is 5.32 Å². The Balaban J connectivity index is 0.000000605. The second-order valence-corrected chi connectivity index (χ2v) is 3.07. The minimum Gasteiger partial charge on any atom is -0.314 e. The number of hydrogen-bond donors (Lipinski definition) is 1. The van der Waals surface area contributed by atoms with Crippen molar-refractivity contribution >= 4 is 12.4 Å². The van der Waals surface area contributed by atoms with Gasteiger partial charge >= 0.3 is 0 Å². The molecular formula is C6H11ClF2N2. The highest BCUT2D eigenvalue weighted by Crippen LogP contribution is 2.29. The summed E-state index contributed by atoms with van der Waals surface area (Å²) in [6, 6.07) is 0.389. The lowest BCUT2D eigenvalue weighted by Gasteiger charge is -2.47. The quantitative estimate of drug-likeness (QED) is 0.632. The molecule has 2 aliphatic heterocycles. The van der Waals surface area contributed by atoms with Crippen LogP contribution in [0.4, 0.5) is 8.78 Å². The molecule has 0 atom stereocenters. The third-order valence-corrected chi connectivity index (χ3v) is 2.15. The van der Waals surface area contributed by atoms with Crippen LogP contribution in [0.2, 0.25) is 0 Å². The van der Waals surface area contributed by atoms with Gasteiger partial charge in [-0.2, -0.15) is 0 Å². The third kappa shape index (κ3) is 1.63. The van der Waals surface area contributed by atoms with Gasteiger partial charge in [0.15, 0.2) is 0 Å². The van der Waals surface area contributed by atoms with Crippen molar-refractivity contribution in [2.75, 3.05) is 26.2 Å². The van der Waals surface area contributed by atoms with E-state index in [2.05, 4.69) is 5.32 Å². The number of halogens is 3. The standard InChI is InChI=1S/C6H10F2N2.ClH/c7-6(8)3-10(4-6)5-1-9-2-5;/h5,9H,1-4H2;1H. The molecule has 1 N–H and O–H groups in total. The van der Waals surface area contributed by atoms with E-state index in [9.17, 15) is 8.78 Å². The lowest BCUT2D eigenvalue weighted by molar-refractivity contribution is -0.151. The van der Waals surface area contributed by atoms with Crippen molar-refractivity contribution in [3.05, 3.63) is 0 Å². The first-order valence-electron chi connectivity index (χ1n) is 3.50. The normalized spacial score (nSPS) is 30.0. The van der Waals surface area contributed by atoms with Gasteiger partial charge in [0.2, 0.25) is 0 Å². The Kier molecular flexibility index (Phi) is 2.37. The summed E-state index contributed by atoms with van der Waals surface area (Å²) < 4.78 is 24.5. The second-order valence-electron chi connectivity index (χ2n) is 3.07. The molecular weight excluding hydrogens is 174 g/mol. The topological polar surface area (TPSA) is 15.3 Å². The number of alkyl halides is 2. The van der Waals surface area contributed by atoms with Crippen molar-refractivity contribution in [2.45, 2.75) is 12.0 Å². The molecule has 0 aromatic carbocycles. The lowest BCUT2D eigenvalue weighted by Crippen LogP contribution is -2.68. The fourth-order valence-electron chi connectivity index (χ4n) is 1.34. The Morgan fingerprint density at radius 2 is 1.82 bits per heavy atom. The first-order chi connectivity index (χ1) is 4.67. The van der Waals surface area contributed by atoms with E-state index in [1.807, 2.05) is 4.90 Å². The summed E-state index contributed by atoms with van der Waals surface area (Å²) in [5.74, 6) is -2.39. The van der Waals surface area contributed by atoms with Gasteiger partial charge in [0.05, 0.1) is 13.1 Å². The van der Waals surface area contributed by atoms with Crippen LogP contribution in [0.15, 0.2) is 0 Å². The van der Waals surface area contributed by atoms with Gasteiger partial charge in [-0.15, -0.1) is 12.4 Å². The molecule has 2 aliphatic rings. The Hall–Kier alpha value is 0.0700. The fourth-order valence-corrected chi connectivity index (χ4v) is 1.34. The molecule has 0 aromatic rings. The molecule has 0 saturated carbocycles. The molecule has 2 rings (SSSR count). The maximum atomic E-state index is 12.2. The van der Waals surface area contributed by atoms with Gasteiger partial charge in [-0.25, -0.2) is 8.78 Å². The van der Waals surface area contributed by atoms with E-state index in [-0.39, 0.29) is 25.5 Å². The van der Waals surface area contributed by atoms with E-state index in [4.69, 9.17) is 0 Å². The summed E-state index contributed by atoms with van der Waals surface area (Å²) in [5, 5.41) is 3.05. The molecule has 0 spiro atoms. The molecule has 0 bridgehead atoms. The first-order valence-corrected chi connectivity index (χ1v) is 3.50. The van der Waals surface area contributed by atoms with E-state index in [1.54, 1.807) is 0 Å². The average molecular weight is 185 g/mol. The predicted molar refractivity (Wildman–Crippen MR) is 40.4 cm³/mol. The zero-order valence-electron chi connectivity index (χ0n) is 6.02. The molecule has 5 heteroatoms. The third-order valence-electron chi connectivity index (χ3n) is 2.15. The van der Waals surface area contributed by atoms with Gasteiger partial charge < -0.3 is 5.32 Å². The van der Waals surface area contributed by atoms with Gasteiger partial charge in [0.1, 0.15) is 0 Å². The summed E-state index contributed by atoms with van der Waals surface area (Å²) in [7, 11) is 0. The van der Waals surface area contributed by atoms with Crippen molar-refractivity contribution in [1.29, 1.82) is 0 Å². The molecule has 0 aliphatic carbocycles. The van der Waals surface area contributed by atoms with E-state index >= 15 is 0 Å². The molecule has 0 radical (unpaired) electrons. The highest BCUT2D eigenvalue weighted by Gasteiger charge is 2.47. The zero-order valence-corrected chi connectivity index (χ0v) is 6.83. The number of nitrogens with zero attached hydrogens (tertiary/aromatic N) is 1. The Labute approximate surface area is 70.3 Å². The van der Waals surface area contributed by atoms with Crippen molar-refractivity contribution in [2.24, 2.45) is 0 Å². The fraction of sp³-hybridized carbons (Fsp3) is 1.00. The first kappa shape index (κ1) is 9.16. The van der Waals surface area contributed by atoms with Crippen molar-refractivity contribution in [3.63, 3.8) is 0 Å². The van der Waals surface area contributed by atoms with Gasteiger partial charge in [-0.05, 0) is 0 Å². The van der Waals surface area contributed by atoms with Crippen LogP contribution in [0, 0.1) is 0 Å². The molecule has 2 fully saturated rings. The smallest absolute Gasteiger partial charge is 0.272 e. The van der Waals surface area contributed by atoms with Crippen LogP contribution in [-0.2, 0) is 0 Å². The number of likely N-dealkylation sites (tertiary alicyclic amines) is 1. The van der Waals surface area contributed by atoms with Gasteiger partial charge in [0.25, 0.3) is 5.92 Å². The minimum absolute atomic E-state index is 0. The summed E-state index contributed by atoms with van der Waals surface area (Å²) in [6.45, 7) is 1.71. The molecule has 2 heterocycles. The van der Waals surface area contributed by atoms with Gasteiger partial charge in [-0.3, -0.25) is 4.90 Å². The molecule has 2 saturated heterocycles. The van der Waals surface area contributed by atoms with Crippen molar-refractivity contribution < 1.29 is 8.78 Å². The van der Waals surface area contributed by atoms with E-state index < -0.39 is 5.92 Å². The van der Waals surface area contributed by atoms with Crippen LogP contribution in [-0.4, -0.2) is 43.0 Å². The average Bonchev–Trinajstić information content (AvgIpc) is 1.54. The Bertz CT molecular complexity index is 142. The maximum Gasteiger partial charge on any atom is 0.272 e. The number of hydrogen-bond acceptors (Lipinski definition) is 2. The van der Waals surface area contributed by atoms with E-state index in [0.29, 0.717) is 6.04 Å². The predicted octanol–water partition coefficient (Wildman–Crippen LogP) is 0.331. The van der Waals surface area contributed by atoms with Crippen LogP contribution in [0.1, 0.15) is 0 Å². The minimum atomic E-state index is -2.39. The van der Waals surface area contributed by atoms with E-state index in [1.165, 1.54) is 0 Å². The molecule has 0 aromatic heterocycles. The number of rotatable bonds is 1. The summed E-state index contributed by atoms with van der Waals surface area (Å²) in [6.07, 6.45) is 0. The Morgan fingerprint density at radius 3 is 2.09 bits per heavy atom. The lowest BCUT2D eigenvalue weighted by atomic mass is 10.0. The molecule has 66 valence electrons. The van der Waals surface area contributed by atoms with E-state index in [0.717, 1.165) is 13.1 Å². The van der Waals surface area contributed by atoms with Crippen LogP contribution >= 0.6 is 12.4 Å². The van der Waals surface area contributed by atoms with Crippen LogP contribution in [0.25, 0.3) is 0 Å². The van der Waals surface area contributed by atoms with Gasteiger partial charge in [0, 0.05) is 19.1 Å². The molecule has 0 amide bonds. The maximum absolute atomic E-state index is 12.2. The van der Waals surface area contributed by atoms with Crippen LogP contribution in [0.5, 0.6) is 0 Å². The van der Waals surface area contributed by atoms with Crippen molar-refractivity contribution in [1.82, 2.24) is 10.2 Å². The second kappa shape index (κ2) is 2.84. The number of nitrogens with one attached hydrogen (secondary N) is 1. The monoisotopic (exact) mass is 184 g/mol. The van der Waals surface area contributed by atoms with Crippen molar-refractivity contribution in [3.8, 4) is 0 Å². The zero-order chi connectivity index (χ0) is 7.19. The van der Waals surface area contributed by atoms with Gasteiger partial charge in [-0.1, -0.05) is 0 Å². The molecule has 11 heavy (non-hydrogen) atoms. The highest BCUT2D eigenvalue weighted by molar-refractivity contribution is 5.85. The SMILES string of the molecule is Cl.FC1(F)CN(C2CNC2)C1. The molecule has 0 unspecified atom stereocenters. The molecule has 2 nitrogen and oxygen atoms in total. The highest BCUT2D eigenvalue weighted by atomic mass is 35.5. The Morgan fingerprint density at radius 1 is 1.27 bits per heavy atom. The summed E-state index contributed by atoms with van der Waals surface area (Å²) >= 11 is 0. The largest absolute Gasteiger partial charge is 0.314 e. The van der Waals surface area contributed by atoms with Crippen LogP contribution in [0.3, 0.4) is 0 Å².